The second kappa shape index (κ2) is 3.56. The van der Waals surface area contributed by atoms with Crippen LogP contribution >= 0.6 is 0 Å². The van der Waals surface area contributed by atoms with Gasteiger partial charge >= 0.3 is 5.69 Å². The lowest BCUT2D eigenvalue weighted by atomic mass is 10.1. The van der Waals surface area contributed by atoms with Crippen LogP contribution in [0.4, 0.5) is 5.69 Å². The average Bonchev–Trinajstić information content (AvgIpc) is 2.26. The molecule has 0 radical (unpaired) electrons. The summed E-state index contributed by atoms with van der Waals surface area (Å²) >= 11 is 0. The van der Waals surface area contributed by atoms with Gasteiger partial charge in [-0.1, -0.05) is 24.3 Å². The molecule has 0 atom stereocenters. The van der Waals surface area contributed by atoms with Gasteiger partial charge in [0, 0.05) is 6.07 Å². The van der Waals surface area contributed by atoms with Gasteiger partial charge in [0.15, 0.2) is 4.98 Å². The normalized spacial score (nSPS) is 11.2. The monoisotopic (exact) mass is 234 g/mol. The minimum absolute atomic E-state index is 0.0625. The van der Waals surface area contributed by atoms with Crippen molar-refractivity contribution in [2.75, 3.05) is 0 Å². The van der Waals surface area contributed by atoms with E-state index in [9.17, 15) is 13.0 Å². The Bertz CT molecular complexity index is 696. The highest BCUT2D eigenvalue weighted by atomic mass is 32.2. The summed E-state index contributed by atoms with van der Waals surface area (Å²) in [5.41, 5.74) is 0.0625. The number of nitrogens with zero attached hydrogens (tertiary/aromatic N) is 2. The van der Waals surface area contributed by atoms with Gasteiger partial charge in [0.05, 0.1) is 10.3 Å². The summed E-state index contributed by atoms with van der Waals surface area (Å²) in [5.74, 6) is 0. The second-order valence-electron chi connectivity index (χ2n) is 3.19. The van der Waals surface area contributed by atoms with Crippen molar-refractivity contribution >= 4 is 26.6 Å². The third-order valence-corrected chi connectivity index (χ3v) is 3.10. The standard InChI is InChI=1S/C10H6N2O3S/c11-12-8-5-1-3-7-4-2-6-9(10(7)8)16(13,14)15/h1-6H. The Morgan fingerprint density at radius 2 is 1.75 bits per heavy atom. The second-order valence-corrected chi connectivity index (χ2v) is 4.53. The van der Waals surface area contributed by atoms with Crippen LogP contribution in [0, 0.1) is 5.39 Å². The van der Waals surface area contributed by atoms with Crippen LogP contribution in [0.15, 0.2) is 41.3 Å². The summed E-state index contributed by atoms with van der Waals surface area (Å²) in [6.45, 7) is 0. The zero-order chi connectivity index (χ0) is 11.8. The van der Waals surface area contributed by atoms with E-state index in [1.165, 1.54) is 18.2 Å². The molecule has 0 unspecified atom stereocenters. The molecule has 0 saturated carbocycles. The van der Waals surface area contributed by atoms with Crippen LogP contribution in [-0.2, 0) is 10.1 Å². The maximum Gasteiger partial charge on any atom is 0.394 e. The van der Waals surface area contributed by atoms with E-state index in [2.05, 4.69) is 4.98 Å². The van der Waals surface area contributed by atoms with Crippen molar-refractivity contribution in [3.8, 4) is 0 Å². The molecular weight excluding hydrogens is 228 g/mol. The van der Waals surface area contributed by atoms with E-state index in [-0.39, 0.29) is 16.0 Å². The van der Waals surface area contributed by atoms with Crippen molar-refractivity contribution < 1.29 is 13.0 Å². The summed E-state index contributed by atoms with van der Waals surface area (Å²) in [7, 11) is -4.58. The summed E-state index contributed by atoms with van der Waals surface area (Å²) in [4.78, 5) is 2.59. The van der Waals surface area contributed by atoms with Crippen LogP contribution < -0.4 is 0 Å². The first-order valence-electron chi connectivity index (χ1n) is 4.37. The lowest BCUT2D eigenvalue weighted by Gasteiger charge is -2.08. The maximum absolute atomic E-state index is 11.0. The van der Waals surface area contributed by atoms with Crippen molar-refractivity contribution in [2.45, 2.75) is 4.90 Å². The zero-order valence-corrected chi connectivity index (χ0v) is 8.81. The van der Waals surface area contributed by atoms with Crippen LogP contribution in [0.2, 0.25) is 0 Å². The molecule has 0 aliphatic carbocycles. The highest BCUT2D eigenvalue weighted by Gasteiger charge is 2.17. The molecule has 6 heteroatoms. The van der Waals surface area contributed by atoms with E-state index in [1.807, 2.05) is 0 Å². The Morgan fingerprint density at radius 3 is 2.31 bits per heavy atom. The van der Waals surface area contributed by atoms with Crippen LogP contribution in [0.25, 0.3) is 15.7 Å². The van der Waals surface area contributed by atoms with Crippen LogP contribution in [0.1, 0.15) is 0 Å². The molecule has 0 spiro atoms. The Hall–Kier alpha value is -1.97. The summed E-state index contributed by atoms with van der Waals surface area (Å²) in [6, 6.07) is 8.97. The Morgan fingerprint density at radius 1 is 1.12 bits per heavy atom. The number of rotatable bonds is 1. The maximum atomic E-state index is 11.0. The lowest BCUT2D eigenvalue weighted by Crippen LogP contribution is -1.99. The molecule has 80 valence electrons. The molecule has 0 aliphatic heterocycles. The fraction of sp³-hybridized carbons (Fsp3) is 0. The number of hydrogen-bond donors (Lipinski definition) is 0. The van der Waals surface area contributed by atoms with E-state index < -0.39 is 10.1 Å². The Kier molecular flexibility index (Phi) is 2.34. The smallest absolute Gasteiger partial charge is 0.394 e. The van der Waals surface area contributed by atoms with Crippen LogP contribution in [0.5, 0.6) is 0 Å². The van der Waals surface area contributed by atoms with Gasteiger partial charge in [-0.05, 0) is 11.5 Å². The van der Waals surface area contributed by atoms with Crippen molar-refractivity contribution in [2.24, 2.45) is 0 Å². The van der Waals surface area contributed by atoms with Crippen molar-refractivity contribution in [1.82, 2.24) is 0 Å². The van der Waals surface area contributed by atoms with Crippen LogP contribution in [-0.4, -0.2) is 13.0 Å². The molecule has 0 heterocycles. The highest BCUT2D eigenvalue weighted by Crippen LogP contribution is 2.31. The fourth-order valence-corrected chi connectivity index (χ4v) is 2.30. The third-order valence-electron chi connectivity index (χ3n) is 2.22. The molecule has 0 aliphatic rings. The predicted molar refractivity (Wildman–Crippen MR) is 56.7 cm³/mol. The largest absolute Gasteiger partial charge is 0.744 e. The van der Waals surface area contributed by atoms with Gasteiger partial charge in [0.2, 0.25) is 5.39 Å². The van der Waals surface area contributed by atoms with E-state index in [4.69, 9.17) is 5.39 Å². The Labute approximate surface area is 91.7 Å². The van der Waals surface area contributed by atoms with Gasteiger partial charge in [0.25, 0.3) is 0 Å². The molecule has 0 aromatic heterocycles. The van der Waals surface area contributed by atoms with Gasteiger partial charge in [-0.2, -0.15) is 0 Å². The van der Waals surface area contributed by atoms with Crippen molar-refractivity contribution in [1.29, 1.82) is 5.39 Å². The quantitative estimate of drug-likeness (QED) is 0.559. The van der Waals surface area contributed by atoms with Crippen molar-refractivity contribution in [3.63, 3.8) is 0 Å². The molecule has 0 amide bonds. The van der Waals surface area contributed by atoms with E-state index in [1.54, 1.807) is 18.2 Å². The fourth-order valence-electron chi connectivity index (χ4n) is 1.58. The Balaban J connectivity index is 3.03. The molecule has 0 bridgehead atoms. The molecule has 5 nitrogen and oxygen atoms in total. The highest BCUT2D eigenvalue weighted by molar-refractivity contribution is 7.86. The SMILES string of the molecule is N#[N+]c1cccc2cccc(S(=O)(=O)[O-])c12. The molecule has 2 aromatic rings. The summed E-state index contributed by atoms with van der Waals surface area (Å²) in [5, 5.41) is 9.43. The van der Waals surface area contributed by atoms with Gasteiger partial charge in [-0.15, -0.1) is 0 Å². The minimum Gasteiger partial charge on any atom is -0.744 e. The first kappa shape index (κ1) is 10.5. The van der Waals surface area contributed by atoms with E-state index in [0.29, 0.717) is 5.39 Å². The van der Waals surface area contributed by atoms with Crippen molar-refractivity contribution in [3.05, 3.63) is 41.4 Å². The number of diazo groups is 1. The predicted octanol–water partition coefficient (Wildman–Crippen LogP) is 2.23. The van der Waals surface area contributed by atoms with Gasteiger partial charge in [0.1, 0.15) is 10.1 Å². The average molecular weight is 234 g/mol. The number of hydrogen-bond acceptors (Lipinski definition) is 4. The first-order chi connectivity index (χ1) is 7.54. The lowest BCUT2D eigenvalue weighted by molar-refractivity contribution is 0.464. The van der Waals surface area contributed by atoms with E-state index >= 15 is 0 Å². The topological polar surface area (TPSA) is 85.3 Å². The number of fused-ring (bicyclic) bond motifs is 1. The molecule has 16 heavy (non-hydrogen) atoms. The van der Waals surface area contributed by atoms with Gasteiger partial charge < -0.3 is 4.55 Å². The molecule has 2 rings (SSSR count). The first-order valence-corrected chi connectivity index (χ1v) is 5.77. The van der Waals surface area contributed by atoms with Gasteiger partial charge in [-0.3, -0.25) is 0 Å². The summed E-state index contributed by atoms with van der Waals surface area (Å²) < 4.78 is 33.1. The molecular formula is C10H6N2O3S. The zero-order valence-electron chi connectivity index (χ0n) is 7.99. The summed E-state index contributed by atoms with van der Waals surface area (Å²) in [6.07, 6.45) is 0. The molecule has 0 fully saturated rings. The third kappa shape index (κ3) is 1.62. The van der Waals surface area contributed by atoms with Gasteiger partial charge in [-0.25, -0.2) is 8.42 Å². The molecule has 2 aromatic carbocycles. The molecule has 0 N–H and O–H groups in total. The van der Waals surface area contributed by atoms with E-state index in [0.717, 1.165) is 0 Å². The minimum atomic E-state index is -4.58. The molecule has 0 saturated heterocycles. The number of benzene rings is 2. The van der Waals surface area contributed by atoms with Crippen LogP contribution in [0.3, 0.4) is 0 Å².